The van der Waals surface area contributed by atoms with E-state index >= 15 is 0 Å². The first-order valence-corrected chi connectivity index (χ1v) is 7.46. The van der Waals surface area contributed by atoms with Crippen LogP contribution < -0.4 is 5.32 Å². The van der Waals surface area contributed by atoms with Crippen LogP contribution in [0.3, 0.4) is 0 Å². The molecule has 1 atom stereocenters. The molecule has 3 nitrogen and oxygen atoms in total. The summed E-state index contributed by atoms with van der Waals surface area (Å²) in [5.41, 5.74) is 2.34. The van der Waals surface area contributed by atoms with Crippen LogP contribution >= 0.6 is 0 Å². The lowest BCUT2D eigenvalue weighted by Crippen LogP contribution is -2.34. The summed E-state index contributed by atoms with van der Waals surface area (Å²) in [4.78, 5) is 13.9. The van der Waals surface area contributed by atoms with Crippen LogP contribution in [0.5, 0.6) is 0 Å². The van der Waals surface area contributed by atoms with Crippen LogP contribution in [0, 0.1) is 5.82 Å². The molecule has 0 spiro atoms. The number of likely N-dealkylation sites (tertiary alicyclic amines) is 1. The van der Waals surface area contributed by atoms with Crippen molar-refractivity contribution in [2.45, 2.75) is 32.7 Å². The van der Waals surface area contributed by atoms with E-state index in [0.717, 1.165) is 25.1 Å². The van der Waals surface area contributed by atoms with Crippen LogP contribution in [0.2, 0.25) is 0 Å². The molecule has 1 amide bonds. The highest BCUT2D eigenvalue weighted by Crippen LogP contribution is 2.13. The van der Waals surface area contributed by atoms with Crippen LogP contribution in [0.25, 0.3) is 0 Å². The second-order valence-corrected chi connectivity index (χ2v) is 5.63. The molecule has 1 aromatic rings. The third kappa shape index (κ3) is 4.67. The molecule has 1 fully saturated rings. The minimum atomic E-state index is -0.223. The average molecular weight is 290 g/mol. The maximum Gasteiger partial charge on any atom is 0.224 e. The molecule has 1 aliphatic heterocycles. The lowest BCUT2D eigenvalue weighted by Gasteiger charge is -2.17. The predicted molar refractivity (Wildman–Crippen MR) is 82.5 cm³/mol. The lowest BCUT2D eigenvalue weighted by atomic mass is 10.1. The molecule has 2 rings (SSSR count). The van der Waals surface area contributed by atoms with Crippen molar-refractivity contribution in [2.24, 2.45) is 0 Å². The molecule has 1 aromatic carbocycles. The largest absolute Gasteiger partial charge is 0.341 e. The Bertz CT molecular complexity index is 510. The first kappa shape index (κ1) is 15.7. The molecule has 0 saturated carbocycles. The molecule has 1 saturated heterocycles. The molecule has 1 aliphatic rings. The normalized spacial score (nSPS) is 19.4. The number of nitrogens with one attached hydrogen (secondary N) is 1. The number of allylic oxidation sites excluding steroid dienone is 1. The maximum atomic E-state index is 12.8. The maximum absolute atomic E-state index is 12.8. The first-order valence-electron chi connectivity index (χ1n) is 7.46. The highest BCUT2D eigenvalue weighted by molar-refractivity contribution is 5.79. The topological polar surface area (TPSA) is 32.3 Å². The third-order valence-electron chi connectivity index (χ3n) is 3.96. The van der Waals surface area contributed by atoms with Gasteiger partial charge in [-0.05, 0) is 38.0 Å². The van der Waals surface area contributed by atoms with E-state index in [4.69, 9.17) is 0 Å². The molecule has 0 aliphatic carbocycles. The Kier molecular flexibility index (Phi) is 5.51. The van der Waals surface area contributed by atoms with Gasteiger partial charge in [-0.2, -0.15) is 0 Å². The van der Waals surface area contributed by atoms with E-state index in [1.54, 1.807) is 12.1 Å². The Morgan fingerprint density at radius 2 is 2.14 bits per heavy atom. The molecular weight excluding hydrogens is 267 g/mol. The second kappa shape index (κ2) is 7.36. The van der Waals surface area contributed by atoms with Gasteiger partial charge in [0.15, 0.2) is 0 Å². The number of hydrogen-bond acceptors (Lipinski definition) is 2. The average Bonchev–Trinajstić information content (AvgIpc) is 2.84. The number of hydrogen-bond donors (Lipinski definition) is 1. The number of carbonyl (C=O) groups excluding carboxylic acids is 1. The molecule has 4 heteroatoms. The number of carbonyl (C=O) groups is 1. The van der Waals surface area contributed by atoms with Crippen LogP contribution in [-0.4, -0.2) is 36.5 Å². The fraction of sp³-hybridized carbons (Fsp3) is 0.471. The molecule has 21 heavy (non-hydrogen) atoms. The van der Waals surface area contributed by atoms with Gasteiger partial charge in [-0.1, -0.05) is 23.8 Å². The van der Waals surface area contributed by atoms with Gasteiger partial charge in [0.25, 0.3) is 0 Å². The monoisotopic (exact) mass is 290 g/mol. The Hall–Kier alpha value is -1.68. The summed E-state index contributed by atoms with van der Waals surface area (Å²) in [6.45, 7) is 6.39. The summed E-state index contributed by atoms with van der Waals surface area (Å²) in [5, 5.41) is 3.42. The zero-order valence-electron chi connectivity index (χ0n) is 12.7. The van der Waals surface area contributed by atoms with Gasteiger partial charge in [-0.15, -0.1) is 0 Å². The quantitative estimate of drug-likeness (QED) is 0.817. The van der Waals surface area contributed by atoms with Gasteiger partial charge in [0.1, 0.15) is 5.82 Å². The lowest BCUT2D eigenvalue weighted by molar-refractivity contribution is -0.127. The number of halogens is 1. The van der Waals surface area contributed by atoms with Gasteiger partial charge in [0.05, 0.1) is 0 Å². The highest BCUT2D eigenvalue weighted by Gasteiger charge is 2.28. The summed E-state index contributed by atoms with van der Waals surface area (Å²) in [5.74, 6) is -0.0210. The van der Waals surface area contributed by atoms with E-state index in [1.807, 2.05) is 11.8 Å². The van der Waals surface area contributed by atoms with Gasteiger partial charge in [0.2, 0.25) is 5.91 Å². The SMILES string of the molecule is C/C=C(\C)CNC1CC(=O)N(CCc2ccc(F)cc2)C1. The molecule has 1 N–H and O–H groups in total. The van der Waals surface area contributed by atoms with Gasteiger partial charge in [0, 0.05) is 32.1 Å². The van der Waals surface area contributed by atoms with Gasteiger partial charge < -0.3 is 10.2 Å². The van der Waals surface area contributed by atoms with Crippen molar-refractivity contribution in [3.63, 3.8) is 0 Å². The highest BCUT2D eigenvalue weighted by atomic mass is 19.1. The summed E-state index contributed by atoms with van der Waals surface area (Å²) in [6, 6.07) is 6.72. The van der Waals surface area contributed by atoms with E-state index in [0.29, 0.717) is 13.0 Å². The van der Waals surface area contributed by atoms with Gasteiger partial charge in [-0.3, -0.25) is 4.79 Å². The van der Waals surface area contributed by atoms with Crippen molar-refractivity contribution in [2.75, 3.05) is 19.6 Å². The molecule has 0 bridgehead atoms. The van der Waals surface area contributed by atoms with Crippen LogP contribution in [0.1, 0.15) is 25.8 Å². The van der Waals surface area contributed by atoms with Crippen LogP contribution in [-0.2, 0) is 11.2 Å². The van der Waals surface area contributed by atoms with E-state index in [9.17, 15) is 9.18 Å². The Labute approximate surface area is 125 Å². The van der Waals surface area contributed by atoms with Crippen LogP contribution in [0.15, 0.2) is 35.9 Å². The van der Waals surface area contributed by atoms with Crippen molar-refractivity contribution in [1.29, 1.82) is 0 Å². The Balaban J connectivity index is 1.79. The summed E-state index contributed by atoms with van der Waals surface area (Å²) >= 11 is 0. The summed E-state index contributed by atoms with van der Waals surface area (Å²) in [6.07, 6.45) is 3.42. The zero-order valence-corrected chi connectivity index (χ0v) is 12.7. The van der Waals surface area contributed by atoms with Crippen LogP contribution in [0.4, 0.5) is 4.39 Å². The van der Waals surface area contributed by atoms with Crippen molar-refractivity contribution in [3.8, 4) is 0 Å². The fourth-order valence-electron chi connectivity index (χ4n) is 2.45. The third-order valence-corrected chi connectivity index (χ3v) is 3.96. The van der Waals surface area contributed by atoms with E-state index in [1.165, 1.54) is 17.7 Å². The van der Waals surface area contributed by atoms with Crippen molar-refractivity contribution < 1.29 is 9.18 Å². The van der Waals surface area contributed by atoms with E-state index < -0.39 is 0 Å². The van der Waals surface area contributed by atoms with Gasteiger partial charge >= 0.3 is 0 Å². The smallest absolute Gasteiger partial charge is 0.224 e. The second-order valence-electron chi connectivity index (χ2n) is 5.63. The van der Waals surface area contributed by atoms with Crippen molar-refractivity contribution in [3.05, 3.63) is 47.3 Å². The number of rotatable bonds is 6. The Morgan fingerprint density at radius 3 is 2.81 bits per heavy atom. The van der Waals surface area contributed by atoms with Gasteiger partial charge in [-0.25, -0.2) is 4.39 Å². The molecule has 1 heterocycles. The number of nitrogens with zero attached hydrogens (tertiary/aromatic N) is 1. The molecule has 114 valence electrons. The summed E-state index contributed by atoms with van der Waals surface area (Å²) in [7, 11) is 0. The minimum absolute atomic E-state index is 0.202. The van der Waals surface area contributed by atoms with Crippen molar-refractivity contribution in [1.82, 2.24) is 10.2 Å². The first-order chi connectivity index (χ1) is 10.1. The molecule has 1 unspecified atom stereocenters. The van der Waals surface area contributed by atoms with Crippen molar-refractivity contribution >= 4 is 5.91 Å². The minimum Gasteiger partial charge on any atom is -0.341 e. The van der Waals surface area contributed by atoms with E-state index in [-0.39, 0.29) is 17.8 Å². The standard InChI is InChI=1S/C17H23FN2O/c1-3-13(2)11-19-16-10-17(21)20(12-16)9-8-14-4-6-15(18)7-5-14/h3-7,16,19H,8-12H2,1-2H3/b13-3+. The molecular formula is C17H23FN2O. The fourth-order valence-corrected chi connectivity index (χ4v) is 2.45. The summed E-state index contributed by atoms with van der Waals surface area (Å²) < 4.78 is 12.8. The number of amides is 1. The van der Waals surface area contributed by atoms with E-state index in [2.05, 4.69) is 18.3 Å². The number of benzene rings is 1. The zero-order chi connectivity index (χ0) is 15.2. The predicted octanol–water partition coefficient (Wildman–Crippen LogP) is 2.52. The molecule has 0 aromatic heterocycles. The molecule has 0 radical (unpaired) electrons. The Morgan fingerprint density at radius 1 is 1.43 bits per heavy atom.